The lowest BCUT2D eigenvalue weighted by atomic mass is 10.0. The molecule has 0 fully saturated rings. The first-order valence-electron chi connectivity index (χ1n) is 5.91. The zero-order valence-electron chi connectivity index (χ0n) is 11.6. The Bertz CT molecular complexity index is 559. The molecule has 1 aromatic carbocycles. The number of carbonyl (C=O) groups is 1. The lowest BCUT2D eigenvalue weighted by molar-refractivity contribution is -0.146. The standard InChI is InChI=1S/C13H18O6S/c1-10-4-6-11(7-5-10)20(16,17)19-9-13(2,15)8-12(14)18-3/h4-7,15H,8-9H2,1-3H3/t13-/m0/s1. The second-order valence-corrected chi connectivity index (χ2v) is 6.39. The molecule has 0 aliphatic heterocycles. The van der Waals surface area contributed by atoms with Crippen LogP contribution >= 0.6 is 0 Å². The van der Waals surface area contributed by atoms with E-state index in [0.717, 1.165) is 5.56 Å². The van der Waals surface area contributed by atoms with Crippen LogP contribution in [0.1, 0.15) is 18.9 Å². The monoisotopic (exact) mass is 302 g/mol. The fourth-order valence-corrected chi connectivity index (χ4v) is 2.43. The summed E-state index contributed by atoms with van der Waals surface area (Å²) < 4.78 is 33.0. The summed E-state index contributed by atoms with van der Waals surface area (Å²) in [6.45, 7) is 2.60. The van der Waals surface area contributed by atoms with E-state index in [0.29, 0.717) is 0 Å². The molecule has 7 heteroatoms. The summed E-state index contributed by atoms with van der Waals surface area (Å²) in [5, 5.41) is 9.88. The van der Waals surface area contributed by atoms with Gasteiger partial charge in [0.05, 0.1) is 30.6 Å². The average molecular weight is 302 g/mol. The highest BCUT2D eigenvalue weighted by Crippen LogP contribution is 2.17. The van der Waals surface area contributed by atoms with Crippen LogP contribution in [-0.4, -0.2) is 38.8 Å². The molecule has 0 aliphatic carbocycles. The summed E-state index contributed by atoms with van der Waals surface area (Å²) in [5.74, 6) is -0.647. The molecule has 0 aromatic heterocycles. The maximum Gasteiger partial charge on any atom is 0.308 e. The van der Waals surface area contributed by atoms with E-state index in [9.17, 15) is 18.3 Å². The minimum absolute atomic E-state index is 0.00281. The fourth-order valence-electron chi connectivity index (χ4n) is 1.41. The minimum Gasteiger partial charge on any atom is -0.469 e. The van der Waals surface area contributed by atoms with Crippen molar-refractivity contribution in [3.8, 4) is 0 Å². The van der Waals surface area contributed by atoms with Crippen LogP contribution in [-0.2, 0) is 23.8 Å². The maximum atomic E-state index is 11.9. The van der Waals surface area contributed by atoms with Gasteiger partial charge in [0.1, 0.15) is 0 Å². The summed E-state index contributed by atoms with van der Waals surface area (Å²) in [7, 11) is -2.78. The van der Waals surface area contributed by atoms with E-state index in [1.54, 1.807) is 12.1 Å². The Morgan fingerprint density at radius 1 is 1.30 bits per heavy atom. The van der Waals surface area contributed by atoms with Gasteiger partial charge in [-0.25, -0.2) is 0 Å². The van der Waals surface area contributed by atoms with Gasteiger partial charge in [0.15, 0.2) is 0 Å². The van der Waals surface area contributed by atoms with Crippen LogP contribution < -0.4 is 0 Å². The van der Waals surface area contributed by atoms with Crippen molar-refractivity contribution in [1.29, 1.82) is 0 Å². The summed E-state index contributed by atoms with van der Waals surface area (Å²) in [4.78, 5) is 11.1. The van der Waals surface area contributed by atoms with E-state index in [-0.39, 0.29) is 11.3 Å². The van der Waals surface area contributed by atoms with Gasteiger partial charge in [-0.2, -0.15) is 8.42 Å². The molecule has 1 atom stereocenters. The summed E-state index contributed by atoms with van der Waals surface area (Å²) in [6.07, 6.45) is -0.354. The third-order valence-electron chi connectivity index (χ3n) is 2.59. The minimum atomic E-state index is -3.96. The zero-order valence-corrected chi connectivity index (χ0v) is 12.4. The Labute approximate surface area is 118 Å². The normalized spacial score (nSPS) is 14.6. The topological polar surface area (TPSA) is 89.9 Å². The Morgan fingerprint density at radius 3 is 2.35 bits per heavy atom. The number of methoxy groups -OCH3 is 1. The quantitative estimate of drug-likeness (QED) is 0.623. The first-order valence-corrected chi connectivity index (χ1v) is 7.32. The number of hydrogen-bond acceptors (Lipinski definition) is 6. The van der Waals surface area contributed by atoms with Gasteiger partial charge in [-0.3, -0.25) is 8.98 Å². The van der Waals surface area contributed by atoms with Crippen LogP contribution in [0.4, 0.5) is 0 Å². The molecule has 1 rings (SSSR count). The van der Waals surface area contributed by atoms with Crippen molar-refractivity contribution >= 4 is 16.1 Å². The summed E-state index contributed by atoms with van der Waals surface area (Å²) >= 11 is 0. The number of rotatable bonds is 6. The van der Waals surface area contributed by atoms with E-state index in [1.807, 2.05) is 6.92 Å². The number of carbonyl (C=O) groups excluding carboxylic acids is 1. The predicted molar refractivity (Wildman–Crippen MR) is 71.6 cm³/mol. The maximum absolute atomic E-state index is 11.9. The zero-order chi connectivity index (χ0) is 15.4. The Hall–Kier alpha value is -1.44. The van der Waals surface area contributed by atoms with Crippen molar-refractivity contribution in [2.45, 2.75) is 30.8 Å². The van der Waals surface area contributed by atoms with Gasteiger partial charge in [0.25, 0.3) is 10.1 Å². The SMILES string of the molecule is COC(=O)C[C@](C)(O)COS(=O)(=O)c1ccc(C)cc1. The first kappa shape index (κ1) is 16.6. The molecule has 0 radical (unpaired) electrons. The molecule has 20 heavy (non-hydrogen) atoms. The predicted octanol–water partition coefficient (Wildman–Crippen LogP) is 1.01. The molecule has 0 heterocycles. The van der Waals surface area contributed by atoms with Gasteiger partial charge in [-0.05, 0) is 26.0 Å². The summed E-state index contributed by atoms with van der Waals surface area (Å²) in [5.41, 5.74) is -0.702. The van der Waals surface area contributed by atoms with Crippen molar-refractivity contribution in [3.63, 3.8) is 0 Å². The van der Waals surface area contributed by atoms with Crippen LogP contribution in [0, 0.1) is 6.92 Å². The van der Waals surface area contributed by atoms with Gasteiger partial charge >= 0.3 is 5.97 Å². The molecule has 1 aromatic rings. The van der Waals surface area contributed by atoms with Crippen molar-refractivity contribution in [1.82, 2.24) is 0 Å². The van der Waals surface area contributed by atoms with E-state index >= 15 is 0 Å². The number of ether oxygens (including phenoxy) is 1. The lowest BCUT2D eigenvalue weighted by Gasteiger charge is -2.21. The third kappa shape index (κ3) is 4.92. The molecule has 0 aliphatic rings. The first-order chi connectivity index (χ1) is 9.16. The van der Waals surface area contributed by atoms with Gasteiger partial charge in [0.2, 0.25) is 0 Å². The number of esters is 1. The van der Waals surface area contributed by atoms with Crippen molar-refractivity contribution in [2.24, 2.45) is 0 Å². The second-order valence-electron chi connectivity index (χ2n) is 4.78. The second kappa shape index (κ2) is 6.34. The molecule has 112 valence electrons. The van der Waals surface area contributed by atoms with E-state index < -0.39 is 28.3 Å². The number of aliphatic hydroxyl groups is 1. The number of benzene rings is 1. The average Bonchev–Trinajstić information content (AvgIpc) is 2.37. The van der Waals surface area contributed by atoms with Gasteiger partial charge < -0.3 is 9.84 Å². The van der Waals surface area contributed by atoms with Gasteiger partial charge in [-0.15, -0.1) is 0 Å². The molecule has 0 bridgehead atoms. The fraction of sp³-hybridized carbons (Fsp3) is 0.462. The lowest BCUT2D eigenvalue weighted by Crippen LogP contribution is -2.35. The molecule has 0 saturated carbocycles. The van der Waals surface area contributed by atoms with Crippen molar-refractivity contribution < 1.29 is 27.2 Å². The van der Waals surface area contributed by atoms with Crippen molar-refractivity contribution in [3.05, 3.63) is 29.8 Å². The molecule has 6 nitrogen and oxygen atoms in total. The molecule has 1 N–H and O–H groups in total. The highest BCUT2D eigenvalue weighted by Gasteiger charge is 2.28. The molecule has 0 saturated heterocycles. The highest BCUT2D eigenvalue weighted by atomic mass is 32.2. The smallest absolute Gasteiger partial charge is 0.308 e. The molecule has 0 amide bonds. The highest BCUT2D eigenvalue weighted by molar-refractivity contribution is 7.86. The summed E-state index contributed by atoms with van der Waals surface area (Å²) in [6, 6.07) is 6.12. The van der Waals surface area contributed by atoms with E-state index in [4.69, 9.17) is 4.18 Å². The van der Waals surface area contributed by atoms with Crippen LogP contribution in [0.3, 0.4) is 0 Å². The van der Waals surface area contributed by atoms with Crippen LogP contribution in [0.2, 0.25) is 0 Å². The number of hydrogen-bond donors (Lipinski definition) is 1. The van der Waals surface area contributed by atoms with E-state index in [1.165, 1.54) is 26.2 Å². The van der Waals surface area contributed by atoms with Crippen LogP contribution in [0.25, 0.3) is 0 Å². The van der Waals surface area contributed by atoms with Gasteiger partial charge in [0, 0.05) is 0 Å². The molecule has 0 unspecified atom stereocenters. The van der Waals surface area contributed by atoms with Crippen LogP contribution in [0.15, 0.2) is 29.2 Å². The Morgan fingerprint density at radius 2 is 1.85 bits per heavy atom. The molecular weight excluding hydrogens is 284 g/mol. The van der Waals surface area contributed by atoms with Gasteiger partial charge in [-0.1, -0.05) is 17.7 Å². The van der Waals surface area contributed by atoms with E-state index in [2.05, 4.69) is 4.74 Å². The third-order valence-corrected chi connectivity index (χ3v) is 3.87. The van der Waals surface area contributed by atoms with Crippen LogP contribution in [0.5, 0.6) is 0 Å². The molecular formula is C13H18O6S. The largest absolute Gasteiger partial charge is 0.469 e. The van der Waals surface area contributed by atoms with Crippen molar-refractivity contribution in [2.75, 3.05) is 13.7 Å². The Kier molecular flexibility index (Phi) is 5.27. The molecule has 0 spiro atoms. The number of aryl methyl sites for hydroxylation is 1. The Balaban J connectivity index is 2.72.